The van der Waals surface area contributed by atoms with Crippen LogP contribution in [0.5, 0.6) is 11.5 Å². The molecule has 0 aromatic heterocycles. The Labute approximate surface area is 108 Å². The number of benzene rings is 1. The van der Waals surface area contributed by atoms with Crippen LogP contribution < -0.4 is 20.5 Å². The van der Waals surface area contributed by atoms with Crippen LogP contribution in [0.25, 0.3) is 0 Å². The largest absolute Gasteiger partial charge is 0.454 e. The standard InChI is InChI=1S/C11H13N3O5/c1-11(2,12)10(15)13-6-3-8-9(19-5-18-8)4-7(6)14(16)17/h3-4H,5,12H2,1-2H3,(H,13,15). The first-order valence-corrected chi connectivity index (χ1v) is 5.47. The number of hydrogen-bond acceptors (Lipinski definition) is 6. The monoisotopic (exact) mass is 267 g/mol. The van der Waals surface area contributed by atoms with Crippen molar-refractivity contribution in [3.63, 3.8) is 0 Å². The molecule has 1 aliphatic heterocycles. The Morgan fingerprint density at radius 2 is 2.00 bits per heavy atom. The molecule has 0 saturated heterocycles. The second-order valence-electron chi connectivity index (χ2n) is 4.66. The number of nitrogens with zero attached hydrogens (tertiary/aromatic N) is 1. The Hall–Kier alpha value is -2.35. The first-order valence-electron chi connectivity index (χ1n) is 5.47. The molecule has 0 fully saturated rings. The summed E-state index contributed by atoms with van der Waals surface area (Å²) >= 11 is 0. The number of carbonyl (C=O) groups is 1. The van der Waals surface area contributed by atoms with Crippen LogP contribution in [0.2, 0.25) is 0 Å². The molecule has 0 saturated carbocycles. The molecule has 2 rings (SSSR count). The minimum atomic E-state index is -1.15. The number of nitrogens with one attached hydrogen (secondary N) is 1. The van der Waals surface area contributed by atoms with Crippen LogP contribution in [0, 0.1) is 10.1 Å². The molecule has 1 aromatic rings. The highest BCUT2D eigenvalue weighted by Gasteiger charge is 2.28. The number of carbonyl (C=O) groups excluding carboxylic acids is 1. The van der Waals surface area contributed by atoms with E-state index in [1.54, 1.807) is 0 Å². The summed E-state index contributed by atoms with van der Waals surface area (Å²) in [4.78, 5) is 22.1. The maximum atomic E-state index is 11.8. The number of nitrogens with two attached hydrogens (primary N) is 1. The van der Waals surface area contributed by atoms with Gasteiger partial charge < -0.3 is 20.5 Å². The summed E-state index contributed by atoms with van der Waals surface area (Å²) in [6.07, 6.45) is 0. The smallest absolute Gasteiger partial charge is 0.296 e. The van der Waals surface area contributed by atoms with E-state index < -0.39 is 16.4 Å². The molecule has 102 valence electrons. The number of ether oxygens (including phenoxy) is 2. The van der Waals surface area contributed by atoms with E-state index in [1.165, 1.54) is 26.0 Å². The van der Waals surface area contributed by atoms with Gasteiger partial charge in [-0.15, -0.1) is 0 Å². The van der Waals surface area contributed by atoms with Crippen molar-refractivity contribution in [2.24, 2.45) is 5.73 Å². The van der Waals surface area contributed by atoms with Crippen molar-refractivity contribution < 1.29 is 19.2 Å². The van der Waals surface area contributed by atoms with Crippen LogP contribution >= 0.6 is 0 Å². The molecule has 0 atom stereocenters. The van der Waals surface area contributed by atoms with E-state index in [0.717, 1.165) is 0 Å². The number of nitro groups is 1. The SMILES string of the molecule is CC(C)(N)C(=O)Nc1cc2c(cc1[N+](=O)[O-])OCO2. The lowest BCUT2D eigenvalue weighted by Crippen LogP contribution is -2.45. The number of hydrogen-bond donors (Lipinski definition) is 2. The third kappa shape index (κ3) is 2.58. The zero-order chi connectivity index (χ0) is 14.2. The average Bonchev–Trinajstić information content (AvgIpc) is 2.73. The Kier molecular flexibility index (Phi) is 3.03. The van der Waals surface area contributed by atoms with E-state index in [-0.39, 0.29) is 23.9 Å². The zero-order valence-corrected chi connectivity index (χ0v) is 10.4. The summed E-state index contributed by atoms with van der Waals surface area (Å²) in [5.41, 5.74) is 4.23. The number of anilines is 1. The Bertz CT molecular complexity index is 550. The molecule has 0 aliphatic carbocycles. The van der Waals surface area contributed by atoms with Crippen LogP contribution in [-0.4, -0.2) is 23.2 Å². The van der Waals surface area contributed by atoms with Gasteiger partial charge in [-0.25, -0.2) is 0 Å². The lowest BCUT2D eigenvalue weighted by Gasteiger charge is -2.17. The van der Waals surface area contributed by atoms with Gasteiger partial charge >= 0.3 is 0 Å². The number of amides is 1. The molecule has 0 unspecified atom stereocenters. The molecule has 8 nitrogen and oxygen atoms in total. The summed E-state index contributed by atoms with van der Waals surface area (Å²) in [6.45, 7) is 2.99. The minimum absolute atomic E-state index is 0.00767. The topological polar surface area (TPSA) is 117 Å². The van der Waals surface area contributed by atoms with Crippen LogP contribution in [0.4, 0.5) is 11.4 Å². The van der Waals surface area contributed by atoms with Gasteiger partial charge in [0.2, 0.25) is 12.7 Å². The summed E-state index contributed by atoms with van der Waals surface area (Å²) in [6, 6.07) is 2.56. The van der Waals surface area contributed by atoms with Crippen molar-refractivity contribution in [3.8, 4) is 11.5 Å². The maximum absolute atomic E-state index is 11.8. The van der Waals surface area contributed by atoms with Gasteiger partial charge in [-0.1, -0.05) is 0 Å². The molecule has 1 aliphatic rings. The second-order valence-corrected chi connectivity index (χ2v) is 4.66. The van der Waals surface area contributed by atoms with Crippen LogP contribution in [0.15, 0.2) is 12.1 Å². The average molecular weight is 267 g/mol. The Morgan fingerprint density at radius 3 is 2.53 bits per heavy atom. The molecular weight excluding hydrogens is 254 g/mol. The first-order chi connectivity index (χ1) is 8.79. The fourth-order valence-corrected chi connectivity index (χ4v) is 1.47. The lowest BCUT2D eigenvalue weighted by atomic mass is 10.1. The lowest BCUT2D eigenvalue weighted by molar-refractivity contribution is -0.384. The normalized spacial score (nSPS) is 13.2. The van der Waals surface area contributed by atoms with Crippen molar-refractivity contribution in [2.75, 3.05) is 12.1 Å². The minimum Gasteiger partial charge on any atom is -0.454 e. The van der Waals surface area contributed by atoms with Gasteiger partial charge in [-0.3, -0.25) is 14.9 Å². The molecule has 1 heterocycles. The Morgan fingerprint density at radius 1 is 1.42 bits per heavy atom. The van der Waals surface area contributed by atoms with E-state index in [1.807, 2.05) is 0 Å². The van der Waals surface area contributed by atoms with E-state index in [4.69, 9.17) is 15.2 Å². The van der Waals surface area contributed by atoms with E-state index in [0.29, 0.717) is 5.75 Å². The number of nitro benzene ring substituents is 1. The molecular formula is C11H13N3O5. The predicted octanol–water partition coefficient (Wildman–Crippen LogP) is 0.999. The summed E-state index contributed by atoms with van der Waals surface area (Å²) in [5, 5.41) is 13.4. The Balaban J connectivity index is 2.39. The van der Waals surface area contributed by atoms with Gasteiger partial charge in [0, 0.05) is 6.07 Å². The van der Waals surface area contributed by atoms with Gasteiger partial charge in [0.15, 0.2) is 11.5 Å². The highest BCUT2D eigenvalue weighted by atomic mass is 16.7. The third-order valence-corrected chi connectivity index (χ3v) is 2.52. The number of fused-ring (bicyclic) bond motifs is 1. The maximum Gasteiger partial charge on any atom is 0.296 e. The van der Waals surface area contributed by atoms with E-state index >= 15 is 0 Å². The van der Waals surface area contributed by atoms with Gasteiger partial charge in [-0.05, 0) is 13.8 Å². The van der Waals surface area contributed by atoms with Crippen LogP contribution in [0.3, 0.4) is 0 Å². The van der Waals surface area contributed by atoms with Crippen molar-refractivity contribution in [3.05, 3.63) is 22.2 Å². The van der Waals surface area contributed by atoms with Crippen molar-refractivity contribution in [1.29, 1.82) is 0 Å². The summed E-state index contributed by atoms with van der Waals surface area (Å²) < 4.78 is 10.2. The molecule has 8 heteroatoms. The van der Waals surface area contributed by atoms with Crippen LogP contribution in [0.1, 0.15) is 13.8 Å². The third-order valence-electron chi connectivity index (χ3n) is 2.52. The molecule has 0 spiro atoms. The molecule has 1 amide bonds. The molecule has 19 heavy (non-hydrogen) atoms. The summed E-state index contributed by atoms with van der Waals surface area (Å²) in [7, 11) is 0. The van der Waals surface area contributed by atoms with Gasteiger partial charge in [-0.2, -0.15) is 0 Å². The van der Waals surface area contributed by atoms with Crippen LogP contribution in [-0.2, 0) is 4.79 Å². The van der Waals surface area contributed by atoms with Crippen molar-refractivity contribution >= 4 is 17.3 Å². The molecule has 1 aromatic carbocycles. The van der Waals surface area contributed by atoms with E-state index in [2.05, 4.69) is 5.32 Å². The quantitative estimate of drug-likeness (QED) is 0.623. The van der Waals surface area contributed by atoms with Gasteiger partial charge in [0.05, 0.1) is 16.5 Å². The molecule has 3 N–H and O–H groups in total. The van der Waals surface area contributed by atoms with Gasteiger partial charge in [0.25, 0.3) is 5.69 Å². The zero-order valence-electron chi connectivity index (χ0n) is 10.4. The highest BCUT2D eigenvalue weighted by Crippen LogP contribution is 2.40. The van der Waals surface area contributed by atoms with E-state index in [9.17, 15) is 14.9 Å². The van der Waals surface area contributed by atoms with Crippen molar-refractivity contribution in [1.82, 2.24) is 0 Å². The predicted molar refractivity (Wildman–Crippen MR) is 66.1 cm³/mol. The highest BCUT2D eigenvalue weighted by molar-refractivity contribution is 5.99. The number of rotatable bonds is 3. The van der Waals surface area contributed by atoms with Crippen molar-refractivity contribution in [2.45, 2.75) is 19.4 Å². The van der Waals surface area contributed by atoms with Gasteiger partial charge in [0.1, 0.15) is 5.69 Å². The molecule has 0 radical (unpaired) electrons. The fraction of sp³-hybridized carbons (Fsp3) is 0.364. The summed E-state index contributed by atoms with van der Waals surface area (Å²) in [5.74, 6) is 0.0851. The first kappa shape index (κ1) is 13.1. The fourth-order valence-electron chi connectivity index (χ4n) is 1.47. The second kappa shape index (κ2) is 4.39. The molecule has 0 bridgehead atoms.